The van der Waals surface area contributed by atoms with Gasteiger partial charge in [0, 0.05) is 11.3 Å². The molecule has 94 valence electrons. The maximum atomic E-state index is 13.8. The lowest BCUT2D eigenvalue weighted by Crippen LogP contribution is -2.18. The topological polar surface area (TPSA) is 44.5 Å². The molecule has 1 aliphatic heterocycles. The molecular formula is C14H14FNO2. The first kappa shape index (κ1) is 12.2. The fourth-order valence-electron chi connectivity index (χ4n) is 1.75. The molecule has 0 radical (unpaired) electrons. The number of ether oxygens (including phenoxy) is 2. The summed E-state index contributed by atoms with van der Waals surface area (Å²) in [7, 11) is 0. The Morgan fingerprint density at radius 1 is 1.28 bits per heavy atom. The van der Waals surface area contributed by atoms with Gasteiger partial charge in [0.15, 0.2) is 17.6 Å². The van der Waals surface area contributed by atoms with Crippen molar-refractivity contribution < 1.29 is 13.9 Å². The Balaban J connectivity index is 2.29. The van der Waals surface area contributed by atoms with E-state index in [2.05, 4.69) is 13.2 Å². The van der Waals surface area contributed by atoms with Crippen molar-refractivity contribution in [1.82, 2.24) is 0 Å². The summed E-state index contributed by atoms with van der Waals surface area (Å²) in [6.07, 6.45) is 2.53. The van der Waals surface area contributed by atoms with Crippen LogP contribution in [0.25, 0.3) is 0 Å². The standard InChI is InChI=1S/C14H14FNO2/c1-3-12-13(4-2)18-14(8-17-12)10-6-5-9(16)7-11(10)15/h3-7,14H,1-2,8,16H2. The molecule has 0 saturated heterocycles. The molecule has 1 unspecified atom stereocenters. The summed E-state index contributed by atoms with van der Waals surface area (Å²) in [6.45, 7) is 7.45. The number of anilines is 1. The molecule has 0 amide bonds. The monoisotopic (exact) mass is 247 g/mol. The maximum Gasteiger partial charge on any atom is 0.161 e. The van der Waals surface area contributed by atoms with E-state index in [4.69, 9.17) is 15.2 Å². The Morgan fingerprint density at radius 3 is 2.61 bits per heavy atom. The number of hydrogen-bond acceptors (Lipinski definition) is 3. The van der Waals surface area contributed by atoms with Gasteiger partial charge in [0.2, 0.25) is 0 Å². The number of rotatable bonds is 3. The number of halogens is 1. The molecule has 0 spiro atoms. The Labute approximate surface area is 105 Å². The average Bonchev–Trinajstić information content (AvgIpc) is 2.38. The molecule has 0 bridgehead atoms. The van der Waals surface area contributed by atoms with E-state index in [0.29, 0.717) is 22.8 Å². The van der Waals surface area contributed by atoms with E-state index in [9.17, 15) is 4.39 Å². The third kappa shape index (κ3) is 2.22. The van der Waals surface area contributed by atoms with Crippen LogP contribution in [0.2, 0.25) is 0 Å². The van der Waals surface area contributed by atoms with Gasteiger partial charge in [-0.15, -0.1) is 0 Å². The maximum absolute atomic E-state index is 13.8. The minimum atomic E-state index is -0.512. The molecule has 4 heteroatoms. The zero-order chi connectivity index (χ0) is 13.1. The van der Waals surface area contributed by atoms with Crippen molar-refractivity contribution >= 4 is 5.69 Å². The van der Waals surface area contributed by atoms with Crippen molar-refractivity contribution in [3.8, 4) is 0 Å². The van der Waals surface area contributed by atoms with Gasteiger partial charge in [-0.25, -0.2) is 4.39 Å². The van der Waals surface area contributed by atoms with Crippen molar-refractivity contribution in [3.63, 3.8) is 0 Å². The smallest absolute Gasteiger partial charge is 0.161 e. The molecular weight excluding hydrogens is 233 g/mol. The predicted molar refractivity (Wildman–Crippen MR) is 68.0 cm³/mol. The minimum Gasteiger partial charge on any atom is -0.485 e. The highest BCUT2D eigenvalue weighted by Crippen LogP contribution is 2.31. The van der Waals surface area contributed by atoms with Crippen molar-refractivity contribution in [2.24, 2.45) is 0 Å². The normalized spacial score (nSPS) is 18.8. The predicted octanol–water partition coefficient (Wildman–Crippen LogP) is 3.08. The highest BCUT2D eigenvalue weighted by Gasteiger charge is 2.24. The van der Waals surface area contributed by atoms with E-state index in [1.807, 2.05) is 0 Å². The zero-order valence-electron chi connectivity index (χ0n) is 9.86. The van der Waals surface area contributed by atoms with Crippen LogP contribution in [0.1, 0.15) is 11.7 Å². The first-order chi connectivity index (χ1) is 8.65. The summed E-state index contributed by atoms with van der Waals surface area (Å²) in [4.78, 5) is 0. The van der Waals surface area contributed by atoms with Gasteiger partial charge in [-0.2, -0.15) is 0 Å². The van der Waals surface area contributed by atoms with Crippen LogP contribution in [-0.4, -0.2) is 6.61 Å². The van der Waals surface area contributed by atoms with Gasteiger partial charge in [0.1, 0.15) is 12.4 Å². The molecule has 1 atom stereocenters. The van der Waals surface area contributed by atoms with Gasteiger partial charge in [-0.1, -0.05) is 19.2 Å². The Bertz CT molecular complexity index is 523. The molecule has 1 aromatic rings. The van der Waals surface area contributed by atoms with Crippen LogP contribution in [0.5, 0.6) is 0 Å². The van der Waals surface area contributed by atoms with Gasteiger partial charge in [-0.05, 0) is 24.3 Å². The van der Waals surface area contributed by atoms with Gasteiger partial charge in [0.05, 0.1) is 0 Å². The minimum absolute atomic E-state index is 0.222. The van der Waals surface area contributed by atoms with Gasteiger partial charge in [-0.3, -0.25) is 0 Å². The lowest BCUT2D eigenvalue weighted by Gasteiger charge is -2.27. The number of benzene rings is 1. The first-order valence-corrected chi connectivity index (χ1v) is 5.49. The highest BCUT2D eigenvalue weighted by atomic mass is 19.1. The van der Waals surface area contributed by atoms with E-state index >= 15 is 0 Å². The Hall–Kier alpha value is -2.23. The van der Waals surface area contributed by atoms with E-state index in [-0.39, 0.29) is 6.61 Å². The summed E-state index contributed by atoms with van der Waals surface area (Å²) in [5, 5.41) is 0. The molecule has 0 fully saturated rings. The molecule has 1 heterocycles. The molecule has 0 saturated carbocycles. The second-order valence-electron chi connectivity index (χ2n) is 3.84. The van der Waals surface area contributed by atoms with Crippen LogP contribution in [0, 0.1) is 5.82 Å². The summed E-state index contributed by atoms with van der Waals surface area (Å²) in [6, 6.07) is 4.49. The van der Waals surface area contributed by atoms with Crippen LogP contribution >= 0.6 is 0 Å². The summed E-state index contributed by atoms with van der Waals surface area (Å²) in [5.74, 6) is 0.559. The number of hydrogen-bond donors (Lipinski definition) is 1. The van der Waals surface area contributed by atoms with E-state index in [1.54, 1.807) is 12.1 Å². The SMILES string of the molecule is C=CC1=C(C=C)OC(c2ccc(N)cc2F)CO1. The van der Waals surface area contributed by atoms with Crippen LogP contribution < -0.4 is 5.73 Å². The van der Waals surface area contributed by atoms with Crippen LogP contribution in [0.4, 0.5) is 10.1 Å². The number of allylic oxidation sites excluding steroid dienone is 2. The van der Waals surface area contributed by atoms with Crippen molar-refractivity contribution in [3.05, 3.63) is 66.4 Å². The third-order valence-corrected chi connectivity index (χ3v) is 2.64. The lowest BCUT2D eigenvalue weighted by atomic mass is 10.1. The largest absolute Gasteiger partial charge is 0.485 e. The molecule has 1 aliphatic rings. The fraction of sp³-hybridized carbons (Fsp3) is 0.143. The Morgan fingerprint density at radius 2 is 2.00 bits per heavy atom. The summed E-state index contributed by atoms with van der Waals surface area (Å²) >= 11 is 0. The van der Waals surface area contributed by atoms with Crippen LogP contribution in [0.15, 0.2) is 55.0 Å². The molecule has 0 aliphatic carbocycles. The lowest BCUT2D eigenvalue weighted by molar-refractivity contribution is 0.00506. The second-order valence-corrected chi connectivity index (χ2v) is 3.84. The number of nitrogen functional groups attached to an aromatic ring is 1. The van der Waals surface area contributed by atoms with Gasteiger partial charge < -0.3 is 15.2 Å². The quantitative estimate of drug-likeness (QED) is 0.835. The molecule has 0 aromatic heterocycles. The van der Waals surface area contributed by atoms with E-state index in [0.717, 1.165) is 0 Å². The Kier molecular flexibility index (Phi) is 3.37. The van der Waals surface area contributed by atoms with Crippen molar-refractivity contribution in [2.75, 3.05) is 12.3 Å². The van der Waals surface area contributed by atoms with Crippen LogP contribution in [0.3, 0.4) is 0 Å². The van der Waals surface area contributed by atoms with E-state index in [1.165, 1.54) is 18.2 Å². The van der Waals surface area contributed by atoms with E-state index < -0.39 is 11.9 Å². The second kappa shape index (κ2) is 4.96. The molecule has 3 nitrogen and oxygen atoms in total. The number of nitrogens with two attached hydrogens (primary N) is 1. The average molecular weight is 247 g/mol. The molecule has 1 aromatic carbocycles. The first-order valence-electron chi connectivity index (χ1n) is 5.49. The van der Waals surface area contributed by atoms with Gasteiger partial charge >= 0.3 is 0 Å². The zero-order valence-corrected chi connectivity index (χ0v) is 9.86. The fourth-order valence-corrected chi connectivity index (χ4v) is 1.75. The molecule has 2 rings (SSSR count). The third-order valence-electron chi connectivity index (χ3n) is 2.64. The van der Waals surface area contributed by atoms with Crippen molar-refractivity contribution in [1.29, 1.82) is 0 Å². The van der Waals surface area contributed by atoms with Crippen molar-refractivity contribution in [2.45, 2.75) is 6.10 Å². The van der Waals surface area contributed by atoms with Crippen LogP contribution in [-0.2, 0) is 9.47 Å². The molecule has 18 heavy (non-hydrogen) atoms. The highest BCUT2D eigenvalue weighted by molar-refractivity contribution is 5.41. The summed E-state index contributed by atoms with van der Waals surface area (Å²) < 4.78 is 24.8. The molecule has 2 N–H and O–H groups in total. The van der Waals surface area contributed by atoms with Gasteiger partial charge in [0.25, 0.3) is 0 Å². The summed E-state index contributed by atoms with van der Waals surface area (Å²) in [5.41, 5.74) is 6.29.